The second-order valence-electron chi connectivity index (χ2n) is 6.05. The van der Waals surface area contributed by atoms with E-state index < -0.39 is 5.97 Å². The summed E-state index contributed by atoms with van der Waals surface area (Å²) in [5.41, 5.74) is 3.02. The van der Waals surface area contributed by atoms with Gasteiger partial charge in [-0.25, -0.2) is 4.79 Å². The van der Waals surface area contributed by atoms with E-state index in [1.165, 1.54) is 22.7 Å². The fraction of sp³-hybridized carbons (Fsp3) is 0.160. The molecule has 0 unspecified atom stereocenters. The monoisotopic (exact) mass is 469 g/mol. The van der Waals surface area contributed by atoms with Crippen LogP contribution in [0.4, 0.5) is 5.69 Å². The number of hydrogen-bond acceptors (Lipinski definition) is 5. The fourth-order valence-corrected chi connectivity index (χ4v) is 3.07. The van der Waals surface area contributed by atoms with Crippen molar-refractivity contribution in [1.29, 1.82) is 0 Å². The van der Waals surface area contributed by atoms with Crippen LogP contribution in [0.5, 0.6) is 0 Å². The first-order valence-electron chi connectivity index (χ1n) is 9.85. The Kier molecular flexibility index (Phi) is 11.8. The zero-order valence-corrected chi connectivity index (χ0v) is 20.2. The number of thiocarbonyl (C=S) groups is 1. The summed E-state index contributed by atoms with van der Waals surface area (Å²) in [7, 11) is 0. The number of amides is 1. The average molecular weight is 470 g/mol. The summed E-state index contributed by atoms with van der Waals surface area (Å²) in [4.78, 5) is 23.8. The number of rotatable bonds is 4. The van der Waals surface area contributed by atoms with E-state index in [2.05, 4.69) is 6.58 Å². The van der Waals surface area contributed by atoms with E-state index in [4.69, 9.17) is 21.7 Å². The van der Waals surface area contributed by atoms with E-state index >= 15 is 0 Å². The van der Waals surface area contributed by atoms with Crippen LogP contribution in [0.3, 0.4) is 0 Å². The van der Waals surface area contributed by atoms with Gasteiger partial charge in [0, 0.05) is 5.56 Å². The van der Waals surface area contributed by atoms with Crippen molar-refractivity contribution in [3.8, 4) is 11.3 Å². The molecule has 7 heteroatoms. The molecule has 1 N–H and O–H groups in total. The number of hydrogen-bond donors (Lipinski definition) is 1. The van der Waals surface area contributed by atoms with Crippen LogP contribution in [-0.2, 0) is 4.79 Å². The molecule has 0 aliphatic carbocycles. The molecule has 0 aliphatic heterocycles. The van der Waals surface area contributed by atoms with Crippen molar-refractivity contribution in [3.63, 3.8) is 0 Å². The van der Waals surface area contributed by atoms with Gasteiger partial charge in [0.05, 0.1) is 17.5 Å². The van der Waals surface area contributed by atoms with E-state index in [1.54, 1.807) is 36.6 Å². The highest BCUT2D eigenvalue weighted by atomic mass is 32.2. The van der Waals surface area contributed by atoms with Crippen molar-refractivity contribution < 1.29 is 19.1 Å². The predicted molar refractivity (Wildman–Crippen MR) is 137 cm³/mol. The first-order chi connectivity index (χ1) is 15.4. The van der Waals surface area contributed by atoms with Gasteiger partial charge in [-0.15, -0.1) is 0 Å². The minimum Gasteiger partial charge on any atom is -0.478 e. The van der Waals surface area contributed by atoms with Crippen LogP contribution in [0.25, 0.3) is 11.3 Å². The number of thioether (sulfide) groups is 1. The molecule has 0 spiro atoms. The highest BCUT2D eigenvalue weighted by molar-refractivity contribution is 8.23. The van der Waals surface area contributed by atoms with Gasteiger partial charge in [0.25, 0.3) is 5.91 Å². The number of nitrogens with zero attached hydrogens (tertiary/aromatic N) is 1. The number of carbonyl (C=O) groups is 2. The Morgan fingerprint density at radius 1 is 1.09 bits per heavy atom. The summed E-state index contributed by atoms with van der Waals surface area (Å²) < 4.78 is 5.70. The quantitative estimate of drug-likeness (QED) is 0.333. The number of benzene rings is 2. The van der Waals surface area contributed by atoms with Crippen LogP contribution in [0, 0.1) is 6.92 Å². The number of carbonyl (C=O) groups excluding carboxylic acids is 1. The van der Waals surface area contributed by atoms with Gasteiger partial charge in [-0.2, -0.15) is 0 Å². The van der Waals surface area contributed by atoms with Crippen molar-refractivity contribution >= 4 is 45.9 Å². The van der Waals surface area contributed by atoms with Crippen molar-refractivity contribution in [2.24, 2.45) is 0 Å². The van der Waals surface area contributed by atoms with Gasteiger partial charge >= 0.3 is 5.97 Å². The molecule has 0 atom stereocenters. The van der Waals surface area contributed by atoms with Gasteiger partial charge in [0.15, 0.2) is 0 Å². The first kappa shape index (κ1) is 26.9. The fourth-order valence-electron chi connectivity index (χ4n) is 2.49. The highest BCUT2D eigenvalue weighted by Gasteiger charge is 2.17. The Labute approximate surface area is 198 Å². The predicted octanol–water partition coefficient (Wildman–Crippen LogP) is 6.83. The van der Waals surface area contributed by atoms with Crippen molar-refractivity contribution in [1.82, 2.24) is 0 Å². The second kappa shape index (κ2) is 14.0. The van der Waals surface area contributed by atoms with Crippen LogP contribution < -0.4 is 4.90 Å². The van der Waals surface area contributed by atoms with Crippen LogP contribution in [-0.4, -0.2) is 27.6 Å². The lowest BCUT2D eigenvalue weighted by Crippen LogP contribution is -2.32. The topological polar surface area (TPSA) is 70.8 Å². The Hall–Kier alpha value is -3.16. The Morgan fingerprint density at radius 3 is 2.22 bits per heavy atom. The van der Waals surface area contributed by atoms with Crippen LogP contribution in [0.15, 0.2) is 84.0 Å². The first-order valence-corrected chi connectivity index (χ1v) is 11.5. The highest BCUT2D eigenvalue weighted by Crippen LogP contribution is 2.21. The molecule has 32 heavy (non-hydrogen) atoms. The maximum Gasteiger partial charge on any atom is 0.335 e. The molecular weight excluding hydrogens is 442 g/mol. The van der Waals surface area contributed by atoms with Crippen LogP contribution >= 0.6 is 24.0 Å². The van der Waals surface area contributed by atoms with Crippen molar-refractivity contribution in [2.75, 3.05) is 11.2 Å². The third-order valence-electron chi connectivity index (χ3n) is 3.95. The molecule has 3 aromatic rings. The molecule has 168 valence electrons. The van der Waals surface area contributed by atoms with E-state index in [0.717, 1.165) is 22.6 Å². The average Bonchev–Trinajstić information content (AvgIpc) is 3.36. The maximum absolute atomic E-state index is 11.7. The Bertz CT molecular complexity index is 1030. The smallest absolute Gasteiger partial charge is 0.335 e. The lowest BCUT2D eigenvalue weighted by Gasteiger charge is -2.20. The molecule has 0 saturated carbocycles. The normalized spacial score (nSPS) is 9.38. The molecule has 0 radical (unpaired) electrons. The summed E-state index contributed by atoms with van der Waals surface area (Å²) in [6.45, 7) is 9.46. The minimum absolute atomic E-state index is 0.204. The molecule has 0 saturated heterocycles. The molecule has 0 fully saturated rings. The number of carboxylic acid groups (broad SMARTS) is 1. The lowest BCUT2D eigenvalue weighted by atomic mass is 10.1. The largest absolute Gasteiger partial charge is 0.478 e. The van der Waals surface area contributed by atoms with Gasteiger partial charge in [-0.05, 0) is 61.2 Å². The summed E-state index contributed by atoms with van der Waals surface area (Å²) >= 11 is 6.53. The molecule has 0 aliphatic rings. The molecular formula is C25H27NO4S2. The Morgan fingerprint density at radius 2 is 1.75 bits per heavy atom. The molecule has 5 nitrogen and oxygen atoms in total. The Balaban J connectivity index is 0.000000299. The third kappa shape index (κ3) is 7.83. The van der Waals surface area contributed by atoms with Gasteiger partial charge in [0.2, 0.25) is 0 Å². The second-order valence-corrected chi connectivity index (χ2v) is 7.49. The number of furan rings is 1. The summed E-state index contributed by atoms with van der Waals surface area (Å²) in [6.07, 6.45) is 4.70. The van der Waals surface area contributed by atoms with Gasteiger partial charge < -0.3 is 9.52 Å². The van der Waals surface area contributed by atoms with Gasteiger partial charge in [-0.1, -0.05) is 68.7 Å². The summed E-state index contributed by atoms with van der Waals surface area (Å²) in [6, 6.07) is 17.8. The van der Waals surface area contributed by atoms with Gasteiger partial charge in [0.1, 0.15) is 10.1 Å². The molecule has 2 aromatic carbocycles. The van der Waals surface area contributed by atoms with Crippen molar-refractivity contribution in [2.45, 2.75) is 20.8 Å². The lowest BCUT2D eigenvalue weighted by molar-refractivity contribution is -0.113. The van der Waals surface area contributed by atoms with Crippen molar-refractivity contribution in [3.05, 3.63) is 90.7 Å². The molecule has 1 heterocycles. The van der Waals surface area contributed by atoms with E-state index in [0.29, 0.717) is 4.32 Å². The molecule has 1 amide bonds. The number of aromatic carboxylic acids is 1. The zero-order chi connectivity index (χ0) is 24.1. The SMILES string of the molecule is C=CC(=O)N(C(=S)SC)c1cccc(C)c1.CC.O=C(O)c1ccc(-c2ccco2)cc1. The van der Waals surface area contributed by atoms with E-state index in [1.807, 2.05) is 57.4 Å². The summed E-state index contributed by atoms with van der Waals surface area (Å²) in [5, 5.41) is 8.68. The maximum atomic E-state index is 11.7. The van der Waals surface area contributed by atoms with Gasteiger partial charge in [-0.3, -0.25) is 9.69 Å². The van der Waals surface area contributed by atoms with E-state index in [-0.39, 0.29) is 11.5 Å². The standard InChI is InChI=1S/C12H13NOS2.C11H8O3.C2H6/c1-4-11(14)13(12(15)16-3)10-7-5-6-9(2)8-10;12-11(13)9-5-3-8(4-6-9)10-2-1-7-14-10;1-2/h4-8H,1H2,2-3H3;1-7H,(H,12,13);1-2H3. The molecule has 0 bridgehead atoms. The van der Waals surface area contributed by atoms with E-state index in [9.17, 15) is 9.59 Å². The summed E-state index contributed by atoms with van der Waals surface area (Å²) in [5.74, 6) is -0.386. The molecule has 1 aromatic heterocycles. The third-order valence-corrected chi connectivity index (χ3v) is 5.16. The number of aryl methyl sites for hydroxylation is 1. The minimum atomic E-state index is -0.920. The van der Waals surface area contributed by atoms with Crippen LogP contribution in [0.2, 0.25) is 0 Å². The number of anilines is 1. The van der Waals surface area contributed by atoms with Crippen LogP contribution in [0.1, 0.15) is 29.8 Å². The number of carboxylic acids is 1. The zero-order valence-electron chi connectivity index (χ0n) is 18.6. The molecule has 3 rings (SSSR count).